The Morgan fingerprint density at radius 1 is 1.27 bits per heavy atom. The third-order valence-corrected chi connectivity index (χ3v) is 5.19. The first-order valence-electron chi connectivity index (χ1n) is 8.51. The number of nitrogens with zero attached hydrogens (tertiary/aromatic N) is 6. The van der Waals surface area contributed by atoms with Gasteiger partial charge in [-0.25, -0.2) is 4.39 Å². The van der Waals surface area contributed by atoms with E-state index in [1.165, 1.54) is 16.8 Å². The lowest BCUT2D eigenvalue weighted by atomic mass is 9.94. The zero-order valence-corrected chi connectivity index (χ0v) is 15.7. The summed E-state index contributed by atoms with van der Waals surface area (Å²) in [5.74, 6) is 0.681. The smallest absolute Gasteiger partial charge is 0.229 e. The van der Waals surface area contributed by atoms with Crippen molar-refractivity contribution in [2.45, 2.75) is 20.4 Å². The van der Waals surface area contributed by atoms with E-state index in [1.807, 2.05) is 18.7 Å². The Morgan fingerprint density at radius 3 is 2.65 bits per heavy atom. The molecule has 0 bridgehead atoms. The molecule has 0 aliphatic carbocycles. The predicted octanol–water partition coefficient (Wildman–Crippen LogP) is 1.71. The SMILES string of the molecule is CC(C)(CCl)C(=O)N1CCN(Cc2nnnn2-c2cccc(F)c2)CC1. The highest BCUT2D eigenvalue weighted by Crippen LogP contribution is 2.22. The van der Waals surface area contributed by atoms with Gasteiger partial charge in [-0.05, 0) is 42.5 Å². The lowest BCUT2D eigenvalue weighted by Crippen LogP contribution is -2.52. The Kier molecular flexibility index (Phi) is 5.52. The molecule has 3 rings (SSSR count). The number of piperazine rings is 1. The molecule has 1 aliphatic heterocycles. The molecule has 7 nitrogen and oxygen atoms in total. The van der Waals surface area contributed by atoms with Gasteiger partial charge in [0, 0.05) is 32.1 Å². The fourth-order valence-corrected chi connectivity index (χ4v) is 3.02. The number of hydrogen-bond acceptors (Lipinski definition) is 5. The van der Waals surface area contributed by atoms with Gasteiger partial charge in [-0.3, -0.25) is 9.69 Å². The number of benzene rings is 1. The Bertz CT molecular complexity index is 772. The maximum Gasteiger partial charge on any atom is 0.229 e. The highest BCUT2D eigenvalue weighted by Gasteiger charge is 2.33. The van der Waals surface area contributed by atoms with Crippen LogP contribution in [0.15, 0.2) is 24.3 Å². The lowest BCUT2D eigenvalue weighted by molar-refractivity contribution is -0.141. The van der Waals surface area contributed by atoms with Gasteiger partial charge in [0.2, 0.25) is 5.91 Å². The number of tetrazole rings is 1. The molecule has 26 heavy (non-hydrogen) atoms. The molecule has 0 saturated carbocycles. The van der Waals surface area contributed by atoms with Crippen molar-refractivity contribution >= 4 is 17.5 Å². The van der Waals surface area contributed by atoms with Crippen LogP contribution in [0.25, 0.3) is 5.69 Å². The number of amides is 1. The van der Waals surface area contributed by atoms with Crippen LogP contribution in [-0.2, 0) is 11.3 Å². The molecule has 1 amide bonds. The van der Waals surface area contributed by atoms with Crippen molar-refractivity contribution < 1.29 is 9.18 Å². The van der Waals surface area contributed by atoms with E-state index in [-0.39, 0.29) is 11.7 Å². The standard InChI is InChI=1S/C17H22ClFN6O/c1-17(2,12-18)16(26)24-8-6-23(7-9-24)11-15-20-21-22-25(15)14-5-3-4-13(19)10-14/h3-5,10H,6-9,11-12H2,1-2H3. The molecule has 9 heteroatoms. The molecular formula is C17H22ClFN6O. The average Bonchev–Trinajstić information content (AvgIpc) is 3.10. The fraction of sp³-hybridized carbons (Fsp3) is 0.529. The molecule has 1 aromatic carbocycles. The van der Waals surface area contributed by atoms with Crippen molar-refractivity contribution in [3.05, 3.63) is 35.9 Å². The van der Waals surface area contributed by atoms with Gasteiger partial charge in [-0.2, -0.15) is 4.68 Å². The van der Waals surface area contributed by atoms with E-state index in [2.05, 4.69) is 20.4 Å². The summed E-state index contributed by atoms with van der Waals surface area (Å²) in [6.07, 6.45) is 0. The van der Waals surface area contributed by atoms with Crippen LogP contribution in [0.4, 0.5) is 4.39 Å². The first-order chi connectivity index (χ1) is 12.4. The highest BCUT2D eigenvalue weighted by molar-refractivity contribution is 6.19. The zero-order valence-electron chi connectivity index (χ0n) is 14.9. The fourth-order valence-electron chi connectivity index (χ4n) is 2.91. The number of carbonyl (C=O) groups is 1. The van der Waals surface area contributed by atoms with E-state index in [9.17, 15) is 9.18 Å². The minimum Gasteiger partial charge on any atom is -0.340 e. The highest BCUT2D eigenvalue weighted by atomic mass is 35.5. The number of carbonyl (C=O) groups excluding carboxylic acids is 1. The first-order valence-corrected chi connectivity index (χ1v) is 9.05. The quantitative estimate of drug-likeness (QED) is 0.739. The van der Waals surface area contributed by atoms with Gasteiger partial charge in [0.15, 0.2) is 5.82 Å². The zero-order chi connectivity index (χ0) is 18.7. The molecule has 0 spiro atoms. The topological polar surface area (TPSA) is 67.2 Å². The van der Waals surface area contributed by atoms with E-state index in [0.717, 1.165) is 13.1 Å². The van der Waals surface area contributed by atoms with Crippen molar-refractivity contribution in [1.82, 2.24) is 30.0 Å². The van der Waals surface area contributed by atoms with Gasteiger partial charge < -0.3 is 4.90 Å². The molecule has 1 aromatic heterocycles. The van der Waals surface area contributed by atoms with Gasteiger partial charge >= 0.3 is 0 Å². The lowest BCUT2D eigenvalue weighted by Gasteiger charge is -2.37. The maximum absolute atomic E-state index is 13.5. The van der Waals surface area contributed by atoms with Crippen molar-refractivity contribution in [2.24, 2.45) is 5.41 Å². The molecule has 140 valence electrons. The van der Waals surface area contributed by atoms with Crippen molar-refractivity contribution in [3.8, 4) is 5.69 Å². The second-order valence-corrected chi connectivity index (χ2v) is 7.34. The van der Waals surface area contributed by atoms with Crippen LogP contribution in [0.1, 0.15) is 19.7 Å². The number of rotatable bonds is 5. The molecule has 0 unspecified atom stereocenters. The Labute approximate surface area is 156 Å². The molecule has 1 aliphatic rings. The van der Waals surface area contributed by atoms with E-state index in [1.54, 1.807) is 12.1 Å². The molecule has 2 heterocycles. The molecule has 2 aromatic rings. The Balaban J connectivity index is 1.63. The van der Waals surface area contributed by atoms with Crippen molar-refractivity contribution in [2.75, 3.05) is 32.1 Å². The number of hydrogen-bond donors (Lipinski definition) is 0. The van der Waals surface area contributed by atoms with E-state index >= 15 is 0 Å². The summed E-state index contributed by atoms with van der Waals surface area (Å²) in [7, 11) is 0. The van der Waals surface area contributed by atoms with Crippen LogP contribution >= 0.6 is 11.6 Å². The van der Waals surface area contributed by atoms with Crippen LogP contribution in [0.5, 0.6) is 0 Å². The second kappa shape index (κ2) is 7.67. The minimum atomic E-state index is -0.550. The molecule has 0 N–H and O–H groups in total. The van der Waals surface area contributed by atoms with Gasteiger partial charge in [0.25, 0.3) is 0 Å². The Morgan fingerprint density at radius 2 is 2.00 bits per heavy atom. The monoisotopic (exact) mass is 380 g/mol. The van der Waals surface area contributed by atoms with E-state index in [0.29, 0.717) is 37.0 Å². The molecule has 0 radical (unpaired) electrons. The summed E-state index contributed by atoms with van der Waals surface area (Å²) in [4.78, 5) is 16.5. The molecule has 0 atom stereocenters. The van der Waals surface area contributed by atoms with E-state index in [4.69, 9.17) is 11.6 Å². The summed E-state index contributed by atoms with van der Waals surface area (Å²) in [6.45, 7) is 6.98. The third-order valence-electron chi connectivity index (χ3n) is 4.52. The minimum absolute atomic E-state index is 0.0803. The normalized spacial score (nSPS) is 16.1. The van der Waals surface area contributed by atoms with E-state index < -0.39 is 5.41 Å². The number of halogens is 2. The summed E-state index contributed by atoms with van der Waals surface area (Å²) in [5, 5.41) is 11.7. The number of alkyl halides is 1. The molecule has 1 fully saturated rings. The van der Waals surface area contributed by atoms with Crippen LogP contribution < -0.4 is 0 Å². The molecular weight excluding hydrogens is 359 g/mol. The van der Waals surface area contributed by atoms with Gasteiger partial charge in [0.05, 0.1) is 17.6 Å². The van der Waals surface area contributed by atoms with Crippen LogP contribution in [0.3, 0.4) is 0 Å². The van der Waals surface area contributed by atoms with Crippen LogP contribution in [0, 0.1) is 11.2 Å². The predicted molar refractivity (Wildman–Crippen MR) is 95.5 cm³/mol. The van der Waals surface area contributed by atoms with Gasteiger partial charge in [-0.15, -0.1) is 16.7 Å². The summed E-state index contributed by atoms with van der Waals surface area (Å²) in [6, 6.07) is 6.16. The van der Waals surface area contributed by atoms with Crippen molar-refractivity contribution in [3.63, 3.8) is 0 Å². The first kappa shape index (κ1) is 18.7. The number of aromatic nitrogens is 4. The second-order valence-electron chi connectivity index (χ2n) is 7.07. The average molecular weight is 381 g/mol. The van der Waals surface area contributed by atoms with Crippen molar-refractivity contribution in [1.29, 1.82) is 0 Å². The van der Waals surface area contributed by atoms with Gasteiger partial charge in [0.1, 0.15) is 5.82 Å². The molecule has 1 saturated heterocycles. The van der Waals surface area contributed by atoms with Crippen LogP contribution in [0.2, 0.25) is 0 Å². The summed E-state index contributed by atoms with van der Waals surface area (Å²) in [5.41, 5.74) is 0.0354. The van der Waals surface area contributed by atoms with Gasteiger partial charge in [-0.1, -0.05) is 6.07 Å². The third kappa shape index (κ3) is 4.02. The van der Waals surface area contributed by atoms with Crippen LogP contribution in [-0.4, -0.2) is 68.0 Å². The Hall–Kier alpha value is -2.06. The summed E-state index contributed by atoms with van der Waals surface area (Å²) < 4.78 is 15.0. The maximum atomic E-state index is 13.5. The largest absolute Gasteiger partial charge is 0.340 e. The summed E-state index contributed by atoms with van der Waals surface area (Å²) >= 11 is 5.91.